The minimum atomic E-state index is -0.164. The van der Waals surface area contributed by atoms with Crippen LogP contribution in [-0.2, 0) is 10.2 Å². The van der Waals surface area contributed by atoms with E-state index in [4.69, 9.17) is 4.98 Å². The molecule has 2 aliphatic carbocycles. The number of rotatable bonds is 5. The smallest absolute Gasteiger partial charge is 0.234 e. The minimum Gasteiger partial charge on any atom is -0.325 e. The molecule has 28 heavy (non-hydrogen) atoms. The first-order valence-corrected chi connectivity index (χ1v) is 10.5. The van der Waals surface area contributed by atoms with E-state index in [9.17, 15) is 9.59 Å². The highest BCUT2D eigenvalue weighted by atomic mass is 32.2. The van der Waals surface area contributed by atoms with Crippen molar-refractivity contribution in [1.29, 1.82) is 0 Å². The summed E-state index contributed by atoms with van der Waals surface area (Å²) >= 11 is 1.29. The van der Waals surface area contributed by atoms with Gasteiger partial charge >= 0.3 is 0 Å². The number of thioether (sulfide) groups is 1. The lowest BCUT2D eigenvalue weighted by molar-refractivity contribution is -0.113. The van der Waals surface area contributed by atoms with E-state index in [1.165, 1.54) is 18.7 Å². The number of fused-ring (bicyclic) bond motifs is 5. The Bertz CT molecular complexity index is 975. The summed E-state index contributed by atoms with van der Waals surface area (Å²) in [6.07, 6.45) is 2.26. The summed E-state index contributed by atoms with van der Waals surface area (Å²) in [5, 5.41) is 12.1. The Morgan fingerprint density at radius 1 is 1.25 bits per heavy atom. The third-order valence-corrected chi connectivity index (χ3v) is 7.50. The van der Waals surface area contributed by atoms with E-state index in [0.717, 1.165) is 24.2 Å². The number of amides is 1. The lowest BCUT2D eigenvalue weighted by atomic mass is 9.70. The first kappa shape index (κ1) is 19.1. The number of nitrogens with zero attached hydrogens (tertiary/aromatic N) is 3. The number of hydrogen-bond donors (Lipinski definition) is 1. The van der Waals surface area contributed by atoms with Crippen LogP contribution in [0.2, 0.25) is 0 Å². The molecule has 2 aliphatic rings. The van der Waals surface area contributed by atoms with Crippen LogP contribution in [0, 0.1) is 5.41 Å². The number of Topliss-reactive ketones (excluding diaryl/α,β-unsaturated/α-hetero) is 1. The molecule has 6 nitrogen and oxygen atoms in total. The monoisotopic (exact) mass is 396 g/mol. The van der Waals surface area contributed by atoms with Crippen LogP contribution in [0.3, 0.4) is 0 Å². The van der Waals surface area contributed by atoms with Gasteiger partial charge in [-0.2, -0.15) is 5.10 Å². The van der Waals surface area contributed by atoms with E-state index in [1.54, 1.807) is 24.3 Å². The van der Waals surface area contributed by atoms with Crippen molar-refractivity contribution in [2.45, 2.75) is 57.0 Å². The van der Waals surface area contributed by atoms with Crippen LogP contribution in [0.15, 0.2) is 29.4 Å². The number of ketones is 1. The van der Waals surface area contributed by atoms with E-state index >= 15 is 0 Å². The van der Waals surface area contributed by atoms with E-state index < -0.39 is 0 Å². The van der Waals surface area contributed by atoms with Crippen LogP contribution in [0.4, 0.5) is 5.69 Å². The quantitative estimate of drug-likeness (QED) is 0.608. The number of carbonyl (C=O) groups excluding carboxylic acids is 2. The highest BCUT2D eigenvalue weighted by Crippen LogP contribution is 2.66. The molecule has 1 aromatic heterocycles. The highest BCUT2D eigenvalue weighted by molar-refractivity contribution is 7.99. The normalized spacial score (nSPS) is 24.1. The topological polar surface area (TPSA) is 84.8 Å². The molecular weight excluding hydrogens is 372 g/mol. The lowest BCUT2D eigenvalue weighted by Gasteiger charge is -2.33. The molecule has 0 spiro atoms. The summed E-state index contributed by atoms with van der Waals surface area (Å²) in [5.74, 6) is 0.411. The van der Waals surface area contributed by atoms with Crippen molar-refractivity contribution in [3.8, 4) is 0 Å². The predicted molar refractivity (Wildman–Crippen MR) is 109 cm³/mol. The molecular formula is C21H24N4O2S. The number of nitrogens with one attached hydrogen (secondary N) is 1. The van der Waals surface area contributed by atoms with Gasteiger partial charge in [-0.3, -0.25) is 9.59 Å². The van der Waals surface area contributed by atoms with Crippen LogP contribution in [0.1, 0.15) is 68.2 Å². The Morgan fingerprint density at radius 2 is 2.04 bits per heavy atom. The van der Waals surface area contributed by atoms with Crippen molar-refractivity contribution in [1.82, 2.24) is 15.2 Å². The van der Waals surface area contributed by atoms with Gasteiger partial charge in [0.1, 0.15) is 0 Å². The summed E-state index contributed by atoms with van der Waals surface area (Å²) in [4.78, 5) is 28.6. The number of anilines is 1. The van der Waals surface area contributed by atoms with Crippen molar-refractivity contribution < 1.29 is 9.59 Å². The van der Waals surface area contributed by atoms with Gasteiger partial charge in [0.05, 0.1) is 17.1 Å². The van der Waals surface area contributed by atoms with Gasteiger partial charge in [-0.05, 0) is 37.3 Å². The van der Waals surface area contributed by atoms with Crippen LogP contribution in [0.5, 0.6) is 0 Å². The fourth-order valence-electron chi connectivity index (χ4n) is 4.57. The maximum Gasteiger partial charge on any atom is 0.234 e. The second-order valence-electron chi connectivity index (χ2n) is 8.45. The second kappa shape index (κ2) is 6.65. The van der Waals surface area contributed by atoms with E-state index in [-0.39, 0.29) is 28.3 Å². The fraction of sp³-hybridized carbons (Fsp3) is 0.476. The first-order chi connectivity index (χ1) is 13.2. The maximum atomic E-state index is 12.3. The van der Waals surface area contributed by atoms with Gasteiger partial charge in [0.25, 0.3) is 0 Å². The Hall–Kier alpha value is -2.28. The molecule has 2 atom stereocenters. The van der Waals surface area contributed by atoms with Crippen molar-refractivity contribution in [2.75, 3.05) is 11.1 Å². The molecule has 1 fully saturated rings. The molecule has 146 valence electrons. The van der Waals surface area contributed by atoms with Crippen molar-refractivity contribution in [3.05, 3.63) is 41.2 Å². The SMILES string of the molecule is CC(=O)c1cccc(NC(=O)CSc2nnc3c(n2)[C@@]2(C)CC[C@H]3C2(C)C)c1. The summed E-state index contributed by atoms with van der Waals surface area (Å²) in [6.45, 7) is 8.37. The average Bonchev–Trinajstić information content (AvgIpc) is 2.99. The summed E-state index contributed by atoms with van der Waals surface area (Å²) in [7, 11) is 0. The Morgan fingerprint density at radius 3 is 2.79 bits per heavy atom. The molecule has 1 heterocycles. The molecule has 0 radical (unpaired) electrons. The zero-order valence-corrected chi connectivity index (χ0v) is 17.4. The Kier molecular flexibility index (Phi) is 4.53. The fourth-order valence-corrected chi connectivity index (χ4v) is 5.15. The average molecular weight is 397 g/mol. The second-order valence-corrected chi connectivity index (χ2v) is 9.39. The van der Waals surface area contributed by atoms with Crippen molar-refractivity contribution in [3.63, 3.8) is 0 Å². The van der Waals surface area contributed by atoms with Gasteiger partial charge in [-0.15, -0.1) is 5.10 Å². The third-order valence-electron chi connectivity index (χ3n) is 6.66. The molecule has 1 saturated carbocycles. The van der Waals surface area contributed by atoms with Crippen LogP contribution >= 0.6 is 11.8 Å². The van der Waals surface area contributed by atoms with Gasteiger partial charge in [-0.25, -0.2) is 4.98 Å². The molecule has 7 heteroatoms. The molecule has 1 amide bonds. The predicted octanol–water partition coefficient (Wildman–Crippen LogP) is 3.98. The van der Waals surface area contributed by atoms with Gasteiger partial charge < -0.3 is 5.32 Å². The van der Waals surface area contributed by atoms with E-state index in [0.29, 0.717) is 22.3 Å². The van der Waals surface area contributed by atoms with Gasteiger partial charge in [0.15, 0.2) is 5.78 Å². The summed E-state index contributed by atoms with van der Waals surface area (Å²) < 4.78 is 0. The molecule has 0 aliphatic heterocycles. The number of aromatic nitrogens is 3. The Balaban J connectivity index is 1.44. The molecule has 2 bridgehead atoms. The van der Waals surface area contributed by atoms with Gasteiger partial charge in [0, 0.05) is 22.6 Å². The Labute approximate surface area is 168 Å². The van der Waals surface area contributed by atoms with Crippen LogP contribution in [0.25, 0.3) is 0 Å². The largest absolute Gasteiger partial charge is 0.325 e. The van der Waals surface area contributed by atoms with Crippen LogP contribution < -0.4 is 5.32 Å². The van der Waals surface area contributed by atoms with Gasteiger partial charge in [0.2, 0.25) is 11.1 Å². The van der Waals surface area contributed by atoms with Crippen LogP contribution in [-0.4, -0.2) is 32.6 Å². The zero-order chi connectivity index (χ0) is 20.1. The van der Waals surface area contributed by atoms with Crippen molar-refractivity contribution >= 4 is 29.1 Å². The summed E-state index contributed by atoms with van der Waals surface area (Å²) in [6, 6.07) is 6.93. The standard InChI is InChI=1S/C21H24N4O2S/c1-12(26)13-6-5-7-14(10-13)22-16(27)11-28-19-23-18-17(24-25-19)15-8-9-21(18,4)20(15,2)3/h5-7,10,15H,8-9,11H2,1-4H3,(H,22,27)/t15-,21-/m1/s1. The van der Waals surface area contributed by atoms with Gasteiger partial charge in [-0.1, -0.05) is 44.7 Å². The third kappa shape index (κ3) is 2.92. The van der Waals surface area contributed by atoms with Crippen molar-refractivity contribution in [2.24, 2.45) is 5.41 Å². The molecule has 4 rings (SSSR count). The lowest BCUT2D eigenvalue weighted by Crippen LogP contribution is -2.32. The highest BCUT2D eigenvalue weighted by Gasteiger charge is 2.61. The molecule has 0 saturated heterocycles. The van der Waals surface area contributed by atoms with E-state index in [2.05, 4.69) is 36.3 Å². The molecule has 2 aromatic rings. The minimum absolute atomic E-state index is 0.0215. The number of hydrogen-bond acceptors (Lipinski definition) is 6. The molecule has 1 aromatic carbocycles. The first-order valence-electron chi connectivity index (χ1n) is 9.51. The number of carbonyl (C=O) groups is 2. The number of benzene rings is 1. The molecule has 0 unspecified atom stereocenters. The zero-order valence-electron chi connectivity index (χ0n) is 16.6. The molecule has 1 N–H and O–H groups in total. The van der Waals surface area contributed by atoms with E-state index in [1.807, 2.05) is 0 Å². The summed E-state index contributed by atoms with van der Waals surface area (Å²) in [5.41, 5.74) is 3.43. The maximum absolute atomic E-state index is 12.3.